The maximum absolute atomic E-state index is 13.8. The molecule has 3 aromatic rings. The Morgan fingerprint density at radius 3 is 2.22 bits per heavy atom. The van der Waals surface area contributed by atoms with Crippen LogP contribution in [0.15, 0.2) is 42.6 Å². The highest BCUT2D eigenvalue weighted by molar-refractivity contribution is 5.59. The fraction of sp³-hybridized carbons (Fsp3) is 0.211. The molecule has 0 saturated carbocycles. The summed E-state index contributed by atoms with van der Waals surface area (Å²) in [7, 11) is 0. The average molecular weight is 373 g/mol. The highest BCUT2D eigenvalue weighted by Crippen LogP contribution is 2.25. The number of aromatic nitrogens is 3. The van der Waals surface area contributed by atoms with Gasteiger partial charge in [-0.25, -0.2) is 13.2 Å². The van der Waals surface area contributed by atoms with Crippen molar-refractivity contribution in [1.82, 2.24) is 15.2 Å². The second kappa shape index (κ2) is 7.22. The molecule has 1 heterocycles. The molecule has 2 N–H and O–H groups in total. The first-order chi connectivity index (χ1) is 12.7. The first-order valence-electron chi connectivity index (χ1n) is 8.22. The number of nitrogens with one attached hydrogen (secondary N) is 2. The Balaban J connectivity index is 1.77. The number of rotatable bonds is 4. The van der Waals surface area contributed by atoms with Gasteiger partial charge in [0.15, 0.2) is 23.3 Å². The first kappa shape index (κ1) is 18.6. The third-order valence-corrected chi connectivity index (χ3v) is 3.86. The number of anilines is 4. The number of nitrogens with zero attached hydrogens (tertiary/aromatic N) is 3. The Hall–Kier alpha value is -3.16. The molecular formula is C19H18F3N5. The fourth-order valence-electron chi connectivity index (χ4n) is 2.36. The summed E-state index contributed by atoms with van der Waals surface area (Å²) < 4.78 is 40.1. The maximum Gasteiger partial charge on any atom is 0.249 e. The van der Waals surface area contributed by atoms with Crippen LogP contribution in [0.4, 0.5) is 36.3 Å². The van der Waals surface area contributed by atoms with Crippen molar-refractivity contribution in [2.75, 3.05) is 10.6 Å². The van der Waals surface area contributed by atoms with Gasteiger partial charge in [0.1, 0.15) is 0 Å². The van der Waals surface area contributed by atoms with Crippen LogP contribution in [0.3, 0.4) is 0 Å². The zero-order chi connectivity index (χ0) is 19.6. The molecule has 140 valence electrons. The van der Waals surface area contributed by atoms with Gasteiger partial charge >= 0.3 is 0 Å². The lowest BCUT2D eigenvalue weighted by Gasteiger charge is -2.19. The molecular weight excluding hydrogens is 355 g/mol. The Kier molecular flexibility index (Phi) is 4.98. The average Bonchev–Trinajstić information content (AvgIpc) is 2.62. The Morgan fingerprint density at radius 1 is 0.852 bits per heavy atom. The van der Waals surface area contributed by atoms with Crippen molar-refractivity contribution in [3.8, 4) is 0 Å². The molecule has 0 amide bonds. The minimum atomic E-state index is -1.56. The lowest BCUT2D eigenvalue weighted by atomic mass is 9.87. The van der Waals surface area contributed by atoms with Gasteiger partial charge in [0.25, 0.3) is 0 Å². The van der Waals surface area contributed by atoms with Gasteiger partial charge in [-0.1, -0.05) is 32.9 Å². The second-order valence-corrected chi connectivity index (χ2v) is 6.97. The third-order valence-electron chi connectivity index (χ3n) is 3.86. The number of hydrogen-bond donors (Lipinski definition) is 2. The van der Waals surface area contributed by atoms with Crippen molar-refractivity contribution in [3.05, 3.63) is 65.6 Å². The van der Waals surface area contributed by atoms with Gasteiger partial charge in [-0.05, 0) is 35.2 Å². The smallest absolute Gasteiger partial charge is 0.249 e. The second-order valence-electron chi connectivity index (χ2n) is 6.97. The largest absolute Gasteiger partial charge is 0.336 e. The van der Waals surface area contributed by atoms with Crippen LogP contribution in [0.1, 0.15) is 26.3 Å². The van der Waals surface area contributed by atoms with E-state index >= 15 is 0 Å². The molecule has 0 radical (unpaired) electrons. The molecule has 0 unspecified atom stereocenters. The molecule has 0 aliphatic heterocycles. The molecule has 0 bridgehead atoms. The summed E-state index contributed by atoms with van der Waals surface area (Å²) in [4.78, 5) is 4.15. The van der Waals surface area contributed by atoms with Gasteiger partial charge in [0.2, 0.25) is 5.95 Å². The molecule has 27 heavy (non-hydrogen) atoms. The van der Waals surface area contributed by atoms with Crippen LogP contribution < -0.4 is 10.6 Å². The van der Waals surface area contributed by atoms with E-state index < -0.39 is 17.5 Å². The van der Waals surface area contributed by atoms with E-state index in [2.05, 4.69) is 46.6 Å². The molecule has 3 rings (SSSR count). The van der Waals surface area contributed by atoms with Crippen molar-refractivity contribution >= 4 is 23.1 Å². The van der Waals surface area contributed by atoms with Gasteiger partial charge in [-0.15, -0.1) is 5.10 Å². The quantitative estimate of drug-likeness (QED) is 0.625. The van der Waals surface area contributed by atoms with E-state index in [1.54, 1.807) is 0 Å². The van der Waals surface area contributed by atoms with Crippen LogP contribution >= 0.6 is 0 Å². The molecule has 0 atom stereocenters. The van der Waals surface area contributed by atoms with Crippen molar-refractivity contribution in [2.24, 2.45) is 0 Å². The molecule has 0 aliphatic carbocycles. The maximum atomic E-state index is 13.8. The van der Waals surface area contributed by atoms with E-state index in [-0.39, 0.29) is 22.9 Å². The van der Waals surface area contributed by atoms with Crippen LogP contribution in [0.5, 0.6) is 0 Å². The third kappa shape index (κ3) is 4.33. The first-order valence-corrected chi connectivity index (χ1v) is 8.22. The van der Waals surface area contributed by atoms with Gasteiger partial charge in [0.05, 0.1) is 11.9 Å². The van der Waals surface area contributed by atoms with Gasteiger partial charge in [0, 0.05) is 5.69 Å². The Bertz CT molecular complexity index is 953. The van der Waals surface area contributed by atoms with Crippen molar-refractivity contribution in [1.29, 1.82) is 0 Å². The summed E-state index contributed by atoms with van der Waals surface area (Å²) in [5.74, 6) is -3.85. The van der Waals surface area contributed by atoms with E-state index in [0.29, 0.717) is 0 Å². The van der Waals surface area contributed by atoms with Crippen LogP contribution in [-0.4, -0.2) is 15.2 Å². The topological polar surface area (TPSA) is 62.7 Å². The summed E-state index contributed by atoms with van der Waals surface area (Å²) in [5.41, 5.74) is 1.71. The summed E-state index contributed by atoms with van der Waals surface area (Å²) in [6.45, 7) is 6.36. The minimum absolute atomic E-state index is 0.0366. The molecule has 0 fully saturated rings. The zero-order valence-electron chi connectivity index (χ0n) is 15.0. The van der Waals surface area contributed by atoms with Crippen molar-refractivity contribution < 1.29 is 13.2 Å². The number of halogens is 3. The highest BCUT2D eigenvalue weighted by atomic mass is 19.2. The van der Waals surface area contributed by atoms with Gasteiger partial charge in [-0.3, -0.25) is 0 Å². The molecule has 8 heteroatoms. The molecule has 0 aliphatic rings. The van der Waals surface area contributed by atoms with Crippen LogP contribution in [0.25, 0.3) is 0 Å². The van der Waals surface area contributed by atoms with Crippen LogP contribution in [0.2, 0.25) is 0 Å². The van der Waals surface area contributed by atoms with Crippen LogP contribution in [-0.2, 0) is 5.41 Å². The van der Waals surface area contributed by atoms with E-state index in [1.165, 1.54) is 11.8 Å². The molecule has 0 spiro atoms. The van der Waals surface area contributed by atoms with E-state index in [9.17, 15) is 13.2 Å². The molecule has 2 aromatic carbocycles. The van der Waals surface area contributed by atoms with Crippen molar-refractivity contribution in [2.45, 2.75) is 26.2 Å². The molecule has 1 aromatic heterocycles. The standard InChI is InChI=1S/C19H18F3N5/c1-19(2,3)11-4-6-12(7-5-11)24-18-26-15(10-23-27-18)25-14-9-8-13(20)16(21)17(14)22/h4-10H,1-3H3,(H2,24,25,26,27). The lowest BCUT2D eigenvalue weighted by Crippen LogP contribution is -2.10. The monoisotopic (exact) mass is 373 g/mol. The SMILES string of the molecule is CC(C)(C)c1ccc(Nc2nncc(Nc3ccc(F)c(F)c3F)n2)cc1. The molecule has 5 nitrogen and oxygen atoms in total. The normalized spacial score (nSPS) is 11.3. The Labute approximate surface area is 154 Å². The van der Waals surface area contributed by atoms with Crippen molar-refractivity contribution in [3.63, 3.8) is 0 Å². The highest BCUT2D eigenvalue weighted by Gasteiger charge is 2.15. The van der Waals surface area contributed by atoms with E-state index in [0.717, 1.165) is 17.8 Å². The van der Waals surface area contributed by atoms with E-state index in [1.807, 2.05) is 24.3 Å². The summed E-state index contributed by atoms with van der Waals surface area (Å²) >= 11 is 0. The van der Waals surface area contributed by atoms with E-state index in [4.69, 9.17) is 0 Å². The number of hydrogen-bond acceptors (Lipinski definition) is 5. The summed E-state index contributed by atoms with van der Waals surface area (Å²) in [6.07, 6.45) is 1.24. The predicted octanol–water partition coefficient (Wildman–Crippen LogP) is 5.07. The van der Waals surface area contributed by atoms with Gasteiger partial charge in [-0.2, -0.15) is 10.1 Å². The predicted molar refractivity (Wildman–Crippen MR) is 97.9 cm³/mol. The lowest BCUT2D eigenvalue weighted by molar-refractivity contribution is 0.449. The molecule has 0 saturated heterocycles. The number of benzene rings is 2. The fourth-order valence-corrected chi connectivity index (χ4v) is 2.36. The van der Waals surface area contributed by atoms with Gasteiger partial charge < -0.3 is 10.6 Å². The summed E-state index contributed by atoms with van der Waals surface area (Å²) in [6, 6.07) is 9.67. The zero-order valence-corrected chi connectivity index (χ0v) is 15.0. The van der Waals surface area contributed by atoms with Crippen LogP contribution in [0, 0.1) is 17.5 Å². The minimum Gasteiger partial charge on any atom is -0.336 e. The summed E-state index contributed by atoms with van der Waals surface area (Å²) in [5, 5.41) is 13.2. The Morgan fingerprint density at radius 2 is 1.56 bits per heavy atom.